The molecule has 1 aromatic carbocycles. The Kier molecular flexibility index (Phi) is 4.69. The van der Waals surface area contributed by atoms with Crippen molar-refractivity contribution in [2.24, 2.45) is 0 Å². The van der Waals surface area contributed by atoms with E-state index in [9.17, 15) is 0 Å². The average molecular weight is 238 g/mol. The average Bonchev–Trinajstić information content (AvgIpc) is 2.82. The molecule has 1 saturated heterocycles. The van der Waals surface area contributed by atoms with Gasteiger partial charge in [-0.1, -0.05) is 12.1 Å². The van der Waals surface area contributed by atoms with Gasteiger partial charge in [0.05, 0.1) is 12.7 Å². The van der Waals surface area contributed by atoms with E-state index in [1.54, 1.807) is 0 Å². The van der Waals surface area contributed by atoms with Crippen LogP contribution < -0.4 is 0 Å². The van der Waals surface area contributed by atoms with E-state index in [0.29, 0.717) is 6.10 Å². The van der Waals surface area contributed by atoms with Gasteiger partial charge in [-0.2, -0.15) is 0 Å². The first-order valence-corrected chi connectivity index (χ1v) is 6.81. The molecule has 2 nitrogen and oxygen atoms in total. The predicted molar refractivity (Wildman–Crippen MR) is 66.7 cm³/mol. The fraction of sp³-hybridized carbons (Fsp3) is 0.538. The van der Waals surface area contributed by atoms with Crippen LogP contribution in [-0.2, 0) is 11.3 Å². The third-order valence-electron chi connectivity index (χ3n) is 2.81. The van der Waals surface area contributed by atoms with E-state index < -0.39 is 0 Å². The highest BCUT2D eigenvalue weighted by atomic mass is 32.2. The minimum absolute atomic E-state index is 0.125. The van der Waals surface area contributed by atoms with Crippen LogP contribution in [0.5, 0.6) is 0 Å². The standard InChI is InChI=1S/C13H18O2S/c14-10-11-3-1-5-13(9-11)16-8-6-12-4-2-7-15-12/h1,3,5,9,12,14H,2,4,6-8,10H2. The highest BCUT2D eigenvalue weighted by molar-refractivity contribution is 7.99. The molecule has 2 rings (SSSR count). The minimum Gasteiger partial charge on any atom is -0.392 e. The van der Waals surface area contributed by atoms with Crippen molar-refractivity contribution in [3.8, 4) is 0 Å². The van der Waals surface area contributed by atoms with Crippen LogP contribution in [0.25, 0.3) is 0 Å². The Labute approximate surface area is 101 Å². The number of hydrogen-bond acceptors (Lipinski definition) is 3. The van der Waals surface area contributed by atoms with Crippen LogP contribution in [0.15, 0.2) is 29.2 Å². The van der Waals surface area contributed by atoms with Crippen molar-refractivity contribution in [1.29, 1.82) is 0 Å². The normalized spacial score (nSPS) is 20.2. The number of aliphatic hydroxyl groups is 1. The van der Waals surface area contributed by atoms with E-state index >= 15 is 0 Å². The lowest BCUT2D eigenvalue weighted by molar-refractivity contribution is 0.109. The first-order chi connectivity index (χ1) is 7.88. The molecule has 0 aliphatic carbocycles. The number of benzene rings is 1. The van der Waals surface area contributed by atoms with Crippen LogP contribution in [0.3, 0.4) is 0 Å². The molecule has 0 radical (unpaired) electrons. The molecule has 1 unspecified atom stereocenters. The summed E-state index contributed by atoms with van der Waals surface area (Å²) in [6, 6.07) is 8.10. The molecule has 1 fully saturated rings. The summed E-state index contributed by atoms with van der Waals surface area (Å²) in [6.07, 6.45) is 4.05. The van der Waals surface area contributed by atoms with Gasteiger partial charge in [0.2, 0.25) is 0 Å². The van der Waals surface area contributed by atoms with Crippen molar-refractivity contribution < 1.29 is 9.84 Å². The fourth-order valence-corrected chi connectivity index (χ4v) is 2.94. The molecule has 0 bridgehead atoms. The van der Waals surface area contributed by atoms with Gasteiger partial charge in [0, 0.05) is 17.3 Å². The summed E-state index contributed by atoms with van der Waals surface area (Å²) < 4.78 is 5.58. The van der Waals surface area contributed by atoms with Crippen LogP contribution in [0.4, 0.5) is 0 Å². The van der Waals surface area contributed by atoms with E-state index in [4.69, 9.17) is 9.84 Å². The number of rotatable bonds is 5. The molecule has 1 heterocycles. The lowest BCUT2D eigenvalue weighted by atomic mass is 10.2. The predicted octanol–water partition coefficient (Wildman–Crippen LogP) is 2.84. The number of ether oxygens (including phenoxy) is 1. The molecule has 1 atom stereocenters. The maximum absolute atomic E-state index is 9.03. The van der Waals surface area contributed by atoms with Crippen molar-refractivity contribution in [3.63, 3.8) is 0 Å². The zero-order valence-electron chi connectivity index (χ0n) is 9.39. The highest BCUT2D eigenvalue weighted by Crippen LogP contribution is 2.23. The van der Waals surface area contributed by atoms with Gasteiger partial charge in [-0.3, -0.25) is 0 Å². The number of aliphatic hydroxyl groups excluding tert-OH is 1. The molecular weight excluding hydrogens is 220 g/mol. The van der Waals surface area contributed by atoms with Crippen LogP contribution in [0.2, 0.25) is 0 Å². The molecule has 1 N–H and O–H groups in total. The lowest BCUT2D eigenvalue weighted by Gasteiger charge is -2.08. The first-order valence-electron chi connectivity index (χ1n) is 5.82. The van der Waals surface area contributed by atoms with Gasteiger partial charge in [-0.25, -0.2) is 0 Å². The highest BCUT2D eigenvalue weighted by Gasteiger charge is 2.14. The fourth-order valence-electron chi connectivity index (χ4n) is 1.91. The molecule has 0 aromatic heterocycles. The Balaban J connectivity index is 1.75. The Morgan fingerprint density at radius 2 is 2.38 bits per heavy atom. The summed E-state index contributed by atoms with van der Waals surface area (Å²) in [5.74, 6) is 1.10. The van der Waals surface area contributed by atoms with E-state index in [1.807, 2.05) is 23.9 Å². The van der Waals surface area contributed by atoms with Gasteiger partial charge < -0.3 is 9.84 Å². The second-order valence-electron chi connectivity index (χ2n) is 4.08. The minimum atomic E-state index is 0.125. The van der Waals surface area contributed by atoms with E-state index in [2.05, 4.69) is 12.1 Å². The van der Waals surface area contributed by atoms with E-state index in [1.165, 1.54) is 17.7 Å². The summed E-state index contributed by atoms with van der Waals surface area (Å²) in [7, 11) is 0. The van der Waals surface area contributed by atoms with Gasteiger partial charge in [-0.05, 0) is 37.0 Å². The van der Waals surface area contributed by atoms with Crippen molar-refractivity contribution in [1.82, 2.24) is 0 Å². The molecule has 3 heteroatoms. The van der Waals surface area contributed by atoms with Gasteiger partial charge in [-0.15, -0.1) is 11.8 Å². The van der Waals surface area contributed by atoms with E-state index in [0.717, 1.165) is 24.3 Å². The summed E-state index contributed by atoms with van der Waals surface area (Å²) in [6.45, 7) is 1.06. The maximum atomic E-state index is 9.03. The van der Waals surface area contributed by atoms with Crippen molar-refractivity contribution >= 4 is 11.8 Å². The second kappa shape index (κ2) is 6.28. The SMILES string of the molecule is OCc1cccc(SCCC2CCCO2)c1. The maximum Gasteiger partial charge on any atom is 0.0682 e. The molecule has 0 spiro atoms. The molecule has 1 aromatic rings. The van der Waals surface area contributed by atoms with Gasteiger partial charge >= 0.3 is 0 Å². The molecule has 0 amide bonds. The smallest absolute Gasteiger partial charge is 0.0682 e. The summed E-state index contributed by atoms with van der Waals surface area (Å²) in [4.78, 5) is 1.24. The van der Waals surface area contributed by atoms with Crippen LogP contribution in [-0.4, -0.2) is 23.6 Å². The Bertz CT molecular complexity index is 321. The Morgan fingerprint density at radius 3 is 3.12 bits per heavy atom. The molecule has 16 heavy (non-hydrogen) atoms. The van der Waals surface area contributed by atoms with Crippen molar-refractivity contribution in [2.45, 2.75) is 36.9 Å². The monoisotopic (exact) mass is 238 g/mol. The van der Waals surface area contributed by atoms with Crippen molar-refractivity contribution in [3.05, 3.63) is 29.8 Å². The zero-order valence-corrected chi connectivity index (χ0v) is 10.2. The quantitative estimate of drug-likeness (QED) is 0.800. The summed E-state index contributed by atoms with van der Waals surface area (Å²) >= 11 is 1.85. The zero-order chi connectivity index (χ0) is 11.2. The molecule has 1 aliphatic rings. The van der Waals surface area contributed by atoms with Crippen LogP contribution in [0.1, 0.15) is 24.8 Å². The molecule has 0 saturated carbocycles. The van der Waals surface area contributed by atoms with Crippen LogP contribution >= 0.6 is 11.8 Å². The molecule has 88 valence electrons. The van der Waals surface area contributed by atoms with Gasteiger partial charge in [0.15, 0.2) is 0 Å². The largest absolute Gasteiger partial charge is 0.392 e. The lowest BCUT2D eigenvalue weighted by Crippen LogP contribution is -2.05. The Morgan fingerprint density at radius 1 is 1.44 bits per heavy atom. The van der Waals surface area contributed by atoms with Gasteiger partial charge in [0.1, 0.15) is 0 Å². The van der Waals surface area contributed by atoms with Gasteiger partial charge in [0.25, 0.3) is 0 Å². The third-order valence-corrected chi connectivity index (χ3v) is 3.84. The van der Waals surface area contributed by atoms with Crippen molar-refractivity contribution in [2.75, 3.05) is 12.4 Å². The Hall–Kier alpha value is -0.510. The topological polar surface area (TPSA) is 29.5 Å². The number of thioether (sulfide) groups is 1. The number of hydrogen-bond donors (Lipinski definition) is 1. The molecule has 1 aliphatic heterocycles. The third kappa shape index (κ3) is 3.51. The van der Waals surface area contributed by atoms with E-state index in [-0.39, 0.29) is 6.61 Å². The summed E-state index contributed by atoms with van der Waals surface area (Å²) in [5, 5.41) is 9.03. The second-order valence-corrected chi connectivity index (χ2v) is 5.25. The molecular formula is C13H18O2S. The summed E-state index contributed by atoms with van der Waals surface area (Å²) in [5.41, 5.74) is 0.988. The first kappa shape index (κ1) is 12.0. The van der Waals surface area contributed by atoms with Crippen LogP contribution in [0, 0.1) is 0 Å².